The van der Waals surface area contributed by atoms with E-state index in [1.165, 1.54) is 24.3 Å². The van der Waals surface area contributed by atoms with Crippen molar-refractivity contribution in [2.45, 2.75) is 80.1 Å². The summed E-state index contributed by atoms with van der Waals surface area (Å²) in [6.45, 7) is 10.7. The molecule has 2 aromatic rings. The number of carbonyl (C=O) groups excluding carboxylic acids is 2. The molecule has 1 aliphatic rings. The fourth-order valence-corrected chi connectivity index (χ4v) is 7.27. The first-order valence-corrected chi connectivity index (χ1v) is 17.4. The van der Waals surface area contributed by atoms with Crippen LogP contribution in [0.3, 0.4) is 0 Å². The maximum atomic E-state index is 13.2. The summed E-state index contributed by atoms with van der Waals surface area (Å²) < 4.78 is 65.9. The quantitative estimate of drug-likeness (QED) is 0.344. The lowest BCUT2D eigenvalue weighted by Crippen LogP contribution is -2.53. The van der Waals surface area contributed by atoms with Gasteiger partial charge in [0.25, 0.3) is 0 Å². The Morgan fingerprint density at radius 1 is 0.756 bits per heavy atom. The van der Waals surface area contributed by atoms with E-state index in [4.69, 9.17) is 14.2 Å². The molecule has 0 aliphatic carbocycles. The largest absolute Gasteiger partial charge is 0.459 e. The molecule has 1 heterocycles. The Kier molecular flexibility index (Phi) is 11.8. The molecule has 0 spiro atoms. The highest BCUT2D eigenvalue weighted by atomic mass is 79.9. The minimum atomic E-state index is -3.89. The van der Waals surface area contributed by atoms with Crippen molar-refractivity contribution < 1.29 is 40.6 Å². The average Bonchev–Trinajstić information content (AvgIpc) is 2.82. The zero-order valence-corrected chi connectivity index (χ0v) is 28.7. The van der Waals surface area contributed by atoms with Gasteiger partial charge in [0.15, 0.2) is 30.2 Å². The molecule has 0 saturated carbocycles. The monoisotopic (exact) mass is 738 g/mol. The van der Waals surface area contributed by atoms with E-state index >= 15 is 0 Å². The van der Waals surface area contributed by atoms with Gasteiger partial charge in [-0.25, -0.2) is 16.8 Å². The van der Waals surface area contributed by atoms with Crippen LogP contribution in [0.2, 0.25) is 0 Å². The van der Waals surface area contributed by atoms with E-state index in [-0.39, 0.29) is 35.8 Å². The molecule has 228 valence electrons. The van der Waals surface area contributed by atoms with E-state index in [1.54, 1.807) is 65.8 Å². The van der Waals surface area contributed by atoms with Crippen molar-refractivity contribution in [3.63, 3.8) is 0 Å². The van der Waals surface area contributed by atoms with Gasteiger partial charge in [0.05, 0.1) is 9.79 Å². The van der Waals surface area contributed by atoms with Crippen molar-refractivity contribution >= 4 is 63.5 Å². The third-order valence-electron chi connectivity index (χ3n) is 5.61. The molecule has 9 nitrogen and oxygen atoms in total. The second kappa shape index (κ2) is 13.7. The van der Waals surface area contributed by atoms with Crippen LogP contribution in [-0.4, -0.2) is 63.7 Å². The van der Waals surface area contributed by atoms with Crippen LogP contribution < -0.4 is 0 Å². The minimum absolute atomic E-state index is 0.0975. The van der Waals surface area contributed by atoms with E-state index in [0.717, 1.165) is 8.95 Å². The third-order valence-corrected chi connectivity index (χ3v) is 10.8. The van der Waals surface area contributed by atoms with E-state index in [2.05, 4.69) is 31.9 Å². The fraction of sp³-hybridized carbons (Fsp3) is 0.500. The van der Waals surface area contributed by atoms with Crippen molar-refractivity contribution in [3.8, 4) is 0 Å². The number of hydrogen-bond donors (Lipinski definition) is 0. The average molecular weight is 741 g/mol. The molecule has 3 rings (SSSR count). The van der Waals surface area contributed by atoms with Crippen molar-refractivity contribution in [1.82, 2.24) is 0 Å². The molecular formula is C28H36Br2O9S2. The van der Waals surface area contributed by atoms with E-state index < -0.39 is 53.3 Å². The SMILES string of the molecule is CC(C)(C)OC(=O)C1(S(=O)(=O)c2ccc(Br)cc2)CCOCC1.CC(C)(C)OC(=O)CS(=O)(=O)c1ccc(Br)cc1. The maximum Gasteiger partial charge on any atom is 0.328 e. The van der Waals surface area contributed by atoms with Crippen LogP contribution in [0.1, 0.15) is 54.4 Å². The number of esters is 2. The first-order valence-electron chi connectivity index (χ1n) is 12.7. The first kappa shape index (κ1) is 35.4. The van der Waals surface area contributed by atoms with Crippen molar-refractivity contribution in [2.75, 3.05) is 19.0 Å². The van der Waals surface area contributed by atoms with Gasteiger partial charge in [-0.1, -0.05) is 31.9 Å². The molecule has 0 bridgehead atoms. The summed E-state index contributed by atoms with van der Waals surface area (Å²) in [5, 5.41) is 0. The highest BCUT2D eigenvalue weighted by molar-refractivity contribution is 9.10. The maximum absolute atomic E-state index is 13.2. The van der Waals surface area contributed by atoms with Gasteiger partial charge in [-0.15, -0.1) is 0 Å². The van der Waals surface area contributed by atoms with Crippen LogP contribution in [0.4, 0.5) is 0 Å². The van der Waals surface area contributed by atoms with Crippen molar-refractivity contribution in [3.05, 3.63) is 57.5 Å². The van der Waals surface area contributed by atoms with Crippen LogP contribution in [0.5, 0.6) is 0 Å². The normalized spacial score (nSPS) is 15.7. The lowest BCUT2D eigenvalue weighted by Gasteiger charge is -2.36. The highest BCUT2D eigenvalue weighted by Gasteiger charge is 2.54. The Hall–Kier alpha value is -1.80. The van der Waals surface area contributed by atoms with Crippen LogP contribution in [-0.2, 0) is 43.5 Å². The van der Waals surface area contributed by atoms with E-state index in [0.29, 0.717) is 0 Å². The summed E-state index contributed by atoms with van der Waals surface area (Å²) in [5.41, 5.74) is -1.44. The number of carbonyl (C=O) groups is 2. The number of sulfone groups is 2. The Labute approximate surface area is 259 Å². The number of benzene rings is 2. The van der Waals surface area contributed by atoms with Gasteiger partial charge in [-0.05, 0) is 90.1 Å². The number of ether oxygens (including phenoxy) is 3. The predicted molar refractivity (Wildman–Crippen MR) is 162 cm³/mol. The van der Waals surface area contributed by atoms with Crippen LogP contribution >= 0.6 is 31.9 Å². The van der Waals surface area contributed by atoms with Gasteiger partial charge >= 0.3 is 11.9 Å². The molecular weight excluding hydrogens is 704 g/mol. The van der Waals surface area contributed by atoms with Crippen LogP contribution in [0.25, 0.3) is 0 Å². The van der Waals surface area contributed by atoms with E-state index in [1.807, 2.05) is 0 Å². The molecule has 1 fully saturated rings. The summed E-state index contributed by atoms with van der Waals surface area (Å²) in [7, 11) is -7.53. The summed E-state index contributed by atoms with van der Waals surface area (Å²) in [6, 6.07) is 12.4. The highest BCUT2D eigenvalue weighted by Crippen LogP contribution is 2.37. The lowest BCUT2D eigenvalue weighted by atomic mass is 9.99. The summed E-state index contributed by atoms with van der Waals surface area (Å²) in [5.74, 6) is -2.09. The summed E-state index contributed by atoms with van der Waals surface area (Å²) in [4.78, 5) is 24.5. The van der Waals surface area contributed by atoms with Crippen LogP contribution in [0, 0.1) is 0 Å². The molecule has 1 aliphatic heterocycles. The molecule has 0 aromatic heterocycles. The summed E-state index contributed by atoms with van der Waals surface area (Å²) in [6.07, 6.45) is 0.195. The number of hydrogen-bond acceptors (Lipinski definition) is 9. The molecule has 0 unspecified atom stereocenters. The molecule has 1 saturated heterocycles. The minimum Gasteiger partial charge on any atom is -0.459 e. The Balaban J connectivity index is 0.000000296. The first-order chi connectivity index (χ1) is 18.7. The van der Waals surface area contributed by atoms with Crippen LogP contribution in [0.15, 0.2) is 67.3 Å². The van der Waals surface area contributed by atoms with Crippen molar-refractivity contribution in [2.24, 2.45) is 0 Å². The Morgan fingerprint density at radius 3 is 1.59 bits per heavy atom. The molecule has 41 heavy (non-hydrogen) atoms. The zero-order chi connectivity index (χ0) is 31.3. The van der Waals surface area contributed by atoms with Gasteiger partial charge in [0, 0.05) is 35.0 Å². The zero-order valence-electron chi connectivity index (χ0n) is 23.9. The van der Waals surface area contributed by atoms with Gasteiger partial charge in [0.1, 0.15) is 11.2 Å². The third kappa shape index (κ3) is 10.2. The Bertz CT molecular complexity index is 1420. The van der Waals surface area contributed by atoms with E-state index in [9.17, 15) is 26.4 Å². The molecule has 0 amide bonds. The number of halogens is 2. The predicted octanol–water partition coefficient (Wildman–Crippen LogP) is 5.68. The summed E-state index contributed by atoms with van der Waals surface area (Å²) >= 11 is 6.50. The molecule has 0 atom stereocenters. The molecule has 2 aromatic carbocycles. The van der Waals surface area contributed by atoms with Gasteiger partial charge < -0.3 is 14.2 Å². The lowest BCUT2D eigenvalue weighted by molar-refractivity contribution is -0.161. The van der Waals surface area contributed by atoms with Gasteiger partial charge in [-0.3, -0.25) is 9.59 Å². The topological polar surface area (TPSA) is 130 Å². The molecule has 0 N–H and O–H groups in total. The smallest absolute Gasteiger partial charge is 0.328 e. The molecule has 0 radical (unpaired) electrons. The number of rotatable bonds is 6. The second-order valence-electron chi connectivity index (χ2n) is 11.4. The fourth-order valence-electron chi connectivity index (χ4n) is 3.75. The second-order valence-corrected chi connectivity index (χ2v) is 17.4. The van der Waals surface area contributed by atoms with Gasteiger partial charge in [0.2, 0.25) is 0 Å². The Morgan fingerprint density at radius 2 is 1.17 bits per heavy atom. The van der Waals surface area contributed by atoms with Gasteiger partial charge in [-0.2, -0.15) is 0 Å². The molecule has 13 heteroatoms. The van der Waals surface area contributed by atoms with Crippen molar-refractivity contribution in [1.29, 1.82) is 0 Å². The standard InChI is InChI=1S/C16H21BrO5S.C12H15BrO4S/c1-15(2,3)22-14(18)16(8-10-21-11-9-16)23(19,20)13-6-4-12(17)5-7-13;1-12(2,3)17-11(14)8-18(15,16)10-6-4-9(13)5-7-10/h4-7H,8-11H2,1-3H3;4-7H,8H2,1-3H3.